The number of para-hydroxylation sites is 2. The first-order valence-corrected chi connectivity index (χ1v) is 18.1. The molecule has 4 aromatic carbocycles. The summed E-state index contributed by atoms with van der Waals surface area (Å²) in [5.74, 6) is -0.152. The first-order valence-electron chi connectivity index (χ1n) is 17.1. The Morgan fingerprint density at radius 2 is 1.50 bits per heavy atom. The molecule has 0 aliphatic carbocycles. The van der Waals surface area contributed by atoms with E-state index in [1.54, 1.807) is 46.5 Å². The van der Waals surface area contributed by atoms with Crippen LogP contribution in [0.1, 0.15) is 35.3 Å². The van der Waals surface area contributed by atoms with Gasteiger partial charge in [0.15, 0.2) is 11.0 Å². The SMILES string of the molecule is CCc1ccc(-n2c(SCC(=O)Nc3ccc(C(=O)N4CC(C)C(=O)N(Cc5ccccc5)c5ccccc54)cc3)nnc2-c2ccncc2)cc1. The summed E-state index contributed by atoms with van der Waals surface area (Å²) >= 11 is 1.29. The van der Waals surface area contributed by atoms with E-state index in [1.165, 1.54) is 17.3 Å². The van der Waals surface area contributed by atoms with Gasteiger partial charge in [-0.3, -0.25) is 23.9 Å². The lowest BCUT2D eigenvalue weighted by Gasteiger charge is -2.25. The summed E-state index contributed by atoms with van der Waals surface area (Å²) in [6.45, 7) is 4.62. The molecule has 1 unspecified atom stereocenters. The first kappa shape index (κ1) is 34.4. The maximum Gasteiger partial charge on any atom is 0.258 e. The van der Waals surface area contributed by atoms with Crippen LogP contribution in [0.15, 0.2) is 133 Å². The van der Waals surface area contributed by atoms with Crippen molar-refractivity contribution in [1.82, 2.24) is 19.7 Å². The van der Waals surface area contributed by atoms with E-state index >= 15 is 0 Å². The van der Waals surface area contributed by atoms with Crippen LogP contribution in [-0.4, -0.2) is 49.8 Å². The summed E-state index contributed by atoms with van der Waals surface area (Å²) in [6.07, 6.45) is 4.35. The second-order valence-electron chi connectivity index (χ2n) is 12.5. The van der Waals surface area contributed by atoms with Gasteiger partial charge < -0.3 is 15.1 Å². The van der Waals surface area contributed by atoms with Gasteiger partial charge in [-0.25, -0.2) is 0 Å². The van der Waals surface area contributed by atoms with Crippen LogP contribution in [0, 0.1) is 5.92 Å². The van der Waals surface area contributed by atoms with Crippen molar-refractivity contribution in [1.29, 1.82) is 0 Å². The molecule has 6 aromatic rings. The molecule has 1 aliphatic heterocycles. The maximum absolute atomic E-state index is 14.0. The molecule has 3 heterocycles. The van der Waals surface area contributed by atoms with Gasteiger partial charge in [0.2, 0.25) is 11.8 Å². The zero-order chi connectivity index (χ0) is 36.0. The van der Waals surface area contributed by atoms with Crippen molar-refractivity contribution in [3.8, 4) is 17.1 Å². The average Bonchev–Trinajstić information content (AvgIpc) is 3.59. The lowest BCUT2D eigenvalue weighted by Crippen LogP contribution is -2.38. The molecule has 0 spiro atoms. The van der Waals surface area contributed by atoms with E-state index in [0.29, 0.717) is 40.2 Å². The number of nitrogens with zero attached hydrogens (tertiary/aromatic N) is 6. The number of aryl methyl sites for hydroxylation is 1. The van der Waals surface area contributed by atoms with E-state index in [0.717, 1.165) is 23.2 Å². The molecule has 260 valence electrons. The second-order valence-corrected chi connectivity index (χ2v) is 13.5. The Balaban J connectivity index is 1.05. The number of hydrogen-bond donors (Lipinski definition) is 1. The molecule has 1 N–H and O–H groups in total. The highest BCUT2D eigenvalue weighted by molar-refractivity contribution is 7.99. The fourth-order valence-corrected chi connectivity index (χ4v) is 6.97. The standard InChI is InChI=1S/C41H37N7O3S/c1-3-29-13-19-34(20-14-29)48-38(31-21-23-42-24-22-31)44-45-41(48)52-27-37(49)43-33-17-15-32(16-18-33)40(51)46-25-28(2)39(50)47(26-30-9-5-4-6-10-30)36-12-8-7-11-35(36)46/h4-24,28H,3,25-27H2,1-2H3,(H,43,49). The number of thioether (sulfide) groups is 1. The molecule has 0 fully saturated rings. The first-order chi connectivity index (χ1) is 25.4. The van der Waals surface area contributed by atoms with Crippen molar-refractivity contribution in [2.75, 3.05) is 27.4 Å². The summed E-state index contributed by atoms with van der Waals surface area (Å²) in [7, 11) is 0. The van der Waals surface area contributed by atoms with E-state index in [2.05, 4.69) is 39.6 Å². The molecule has 11 heteroatoms. The van der Waals surface area contributed by atoms with E-state index in [-0.39, 0.29) is 30.0 Å². The summed E-state index contributed by atoms with van der Waals surface area (Å²) in [5, 5.41) is 12.4. The largest absolute Gasteiger partial charge is 0.325 e. The number of aromatic nitrogens is 4. The summed E-state index contributed by atoms with van der Waals surface area (Å²) in [6, 6.07) is 36.2. The number of benzene rings is 4. The number of rotatable bonds is 10. The van der Waals surface area contributed by atoms with Gasteiger partial charge in [0.25, 0.3) is 5.91 Å². The van der Waals surface area contributed by atoms with Gasteiger partial charge in [-0.15, -0.1) is 10.2 Å². The number of amides is 3. The van der Waals surface area contributed by atoms with E-state index in [1.807, 2.05) is 90.4 Å². The average molecular weight is 708 g/mol. The van der Waals surface area contributed by atoms with Gasteiger partial charge in [-0.05, 0) is 78.2 Å². The van der Waals surface area contributed by atoms with Gasteiger partial charge in [-0.2, -0.15) is 0 Å². The van der Waals surface area contributed by atoms with E-state index < -0.39 is 5.92 Å². The molecule has 2 aromatic heterocycles. The number of pyridine rings is 1. The molecule has 0 saturated heterocycles. The van der Waals surface area contributed by atoms with Crippen LogP contribution in [-0.2, 0) is 22.6 Å². The van der Waals surface area contributed by atoms with Gasteiger partial charge in [0.05, 0.1) is 29.6 Å². The van der Waals surface area contributed by atoms with Crippen molar-refractivity contribution >= 4 is 46.5 Å². The number of fused-ring (bicyclic) bond motifs is 1. The van der Waals surface area contributed by atoms with Crippen molar-refractivity contribution in [3.63, 3.8) is 0 Å². The zero-order valence-corrected chi connectivity index (χ0v) is 29.7. The van der Waals surface area contributed by atoms with Crippen LogP contribution in [0.2, 0.25) is 0 Å². The molecule has 3 amide bonds. The topological polar surface area (TPSA) is 113 Å². The predicted octanol–water partition coefficient (Wildman–Crippen LogP) is 7.45. The second kappa shape index (κ2) is 15.4. The van der Waals surface area contributed by atoms with Crippen molar-refractivity contribution < 1.29 is 14.4 Å². The molecule has 1 aliphatic rings. The minimum Gasteiger partial charge on any atom is -0.325 e. The Bertz CT molecular complexity index is 2190. The molecule has 52 heavy (non-hydrogen) atoms. The van der Waals surface area contributed by atoms with Crippen LogP contribution in [0.25, 0.3) is 17.1 Å². The summed E-state index contributed by atoms with van der Waals surface area (Å²) < 4.78 is 1.95. The predicted molar refractivity (Wildman–Crippen MR) is 205 cm³/mol. The van der Waals surface area contributed by atoms with Gasteiger partial charge in [0.1, 0.15) is 0 Å². The van der Waals surface area contributed by atoms with Gasteiger partial charge in [-0.1, -0.05) is 80.2 Å². The third-order valence-corrected chi connectivity index (χ3v) is 9.89. The van der Waals surface area contributed by atoms with Crippen LogP contribution in [0.3, 0.4) is 0 Å². The van der Waals surface area contributed by atoms with E-state index in [4.69, 9.17) is 0 Å². The number of carbonyl (C=O) groups is 3. The molecule has 0 radical (unpaired) electrons. The monoisotopic (exact) mass is 707 g/mol. The number of hydrogen-bond acceptors (Lipinski definition) is 7. The highest BCUT2D eigenvalue weighted by Gasteiger charge is 2.34. The third kappa shape index (κ3) is 7.35. The lowest BCUT2D eigenvalue weighted by molar-refractivity contribution is -0.121. The number of carbonyl (C=O) groups excluding carboxylic acids is 3. The minimum absolute atomic E-state index is 0.0382. The van der Waals surface area contributed by atoms with Crippen LogP contribution in [0.4, 0.5) is 17.1 Å². The Labute approximate surface area is 306 Å². The number of nitrogens with one attached hydrogen (secondary N) is 1. The smallest absolute Gasteiger partial charge is 0.258 e. The Kier molecular flexibility index (Phi) is 10.2. The minimum atomic E-state index is -0.418. The third-order valence-electron chi connectivity index (χ3n) is 8.96. The molecule has 10 nitrogen and oxygen atoms in total. The van der Waals surface area contributed by atoms with Crippen molar-refractivity contribution in [2.24, 2.45) is 5.92 Å². The van der Waals surface area contributed by atoms with Crippen LogP contribution >= 0.6 is 11.8 Å². The molecular weight excluding hydrogens is 671 g/mol. The zero-order valence-electron chi connectivity index (χ0n) is 28.8. The van der Waals surface area contributed by atoms with Crippen LogP contribution < -0.4 is 15.1 Å². The lowest BCUT2D eigenvalue weighted by atomic mass is 10.1. The molecular formula is C41H37N7O3S. The van der Waals surface area contributed by atoms with Crippen LogP contribution in [0.5, 0.6) is 0 Å². The Hall–Kier alpha value is -6.07. The summed E-state index contributed by atoms with van der Waals surface area (Å²) in [5.41, 5.74) is 6.36. The quantitative estimate of drug-likeness (QED) is 0.147. The fourth-order valence-electron chi connectivity index (χ4n) is 6.22. The highest BCUT2D eigenvalue weighted by Crippen LogP contribution is 2.36. The molecule has 1 atom stereocenters. The molecule has 0 bridgehead atoms. The number of anilines is 3. The van der Waals surface area contributed by atoms with Crippen molar-refractivity contribution in [3.05, 3.63) is 144 Å². The van der Waals surface area contributed by atoms with E-state index in [9.17, 15) is 14.4 Å². The highest BCUT2D eigenvalue weighted by atomic mass is 32.2. The normalized spacial score (nSPS) is 14.1. The fraction of sp³-hybridized carbons (Fsp3) is 0.171. The Morgan fingerprint density at radius 1 is 0.808 bits per heavy atom. The van der Waals surface area contributed by atoms with Crippen molar-refractivity contribution in [2.45, 2.75) is 32.0 Å². The maximum atomic E-state index is 14.0. The summed E-state index contributed by atoms with van der Waals surface area (Å²) in [4.78, 5) is 48.4. The molecule has 0 saturated carbocycles. The van der Waals surface area contributed by atoms with Gasteiger partial charge >= 0.3 is 0 Å². The van der Waals surface area contributed by atoms with Gasteiger partial charge in [0, 0.05) is 41.4 Å². The Morgan fingerprint density at radius 3 is 2.21 bits per heavy atom. The molecule has 7 rings (SSSR count).